The fourth-order valence-corrected chi connectivity index (χ4v) is 1.14. The Morgan fingerprint density at radius 2 is 2.36 bits per heavy atom. The first-order valence-electron chi connectivity index (χ1n) is 3.08. The van der Waals surface area contributed by atoms with Gasteiger partial charge in [0, 0.05) is 0 Å². The van der Waals surface area contributed by atoms with Crippen molar-refractivity contribution in [2.45, 2.75) is 12.1 Å². The summed E-state index contributed by atoms with van der Waals surface area (Å²) >= 11 is 4.06. The van der Waals surface area contributed by atoms with E-state index in [1.807, 2.05) is 6.92 Å². The van der Waals surface area contributed by atoms with Gasteiger partial charge in [-0.25, -0.2) is 0 Å². The molecule has 2 rings (SSSR count). The summed E-state index contributed by atoms with van der Waals surface area (Å²) in [4.78, 5) is 0. The Bertz CT molecular complexity index is 400. The van der Waals surface area contributed by atoms with Crippen LogP contribution < -0.4 is 5.73 Å². The lowest BCUT2D eigenvalue weighted by Gasteiger charge is -1.81. The molecule has 0 atom stereocenters. The number of nitrogens with one attached hydrogen (secondary N) is 1. The van der Waals surface area contributed by atoms with Gasteiger partial charge in [-0.05, 0) is 6.92 Å². The first kappa shape index (κ1) is 6.53. The second-order valence-electron chi connectivity index (χ2n) is 2.28. The van der Waals surface area contributed by atoms with Crippen LogP contribution in [0.15, 0.2) is 5.16 Å². The number of thiol groups is 1. The Balaban J connectivity index is 2.93. The number of nitrogens with zero attached hydrogens (tertiary/aromatic N) is 3. The highest BCUT2D eigenvalue weighted by atomic mass is 32.1. The first-order chi connectivity index (χ1) is 5.20. The number of anilines is 1. The molecule has 2 aromatic rings. The van der Waals surface area contributed by atoms with Gasteiger partial charge >= 0.3 is 0 Å². The van der Waals surface area contributed by atoms with Crippen LogP contribution in [-0.2, 0) is 0 Å². The maximum Gasteiger partial charge on any atom is 0.206 e. The molecule has 0 radical (unpaired) electrons. The van der Waals surface area contributed by atoms with Gasteiger partial charge in [0.15, 0.2) is 5.65 Å². The van der Waals surface area contributed by atoms with Crippen LogP contribution >= 0.6 is 12.6 Å². The van der Waals surface area contributed by atoms with Gasteiger partial charge in [-0.15, -0.1) is 17.7 Å². The number of aryl methyl sites for hydroxylation is 1. The van der Waals surface area contributed by atoms with E-state index in [0.29, 0.717) is 16.5 Å². The molecule has 0 aliphatic carbocycles. The van der Waals surface area contributed by atoms with Gasteiger partial charge in [0.05, 0.1) is 11.4 Å². The quantitative estimate of drug-likeness (QED) is 0.494. The number of hydrogen-bond donors (Lipinski definition) is 3. The van der Waals surface area contributed by atoms with E-state index in [4.69, 9.17) is 5.73 Å². The summed E-state index contributed by atoms with van der Waals surface area (Å²) in [7, 11) is 0. The number of aromatic nitrogens is 4. The normalized spacial score (nSPS) is 11.1. The number of aromatic amines is 1. The fourth-order valence-electron chi connectivity index (χ4n) is 0.942. The van der Waals surface area contributed by atoms with E-state index in [2.05, 4.69) is 27.9 Å². The Morgan fingerprint density at radius 3 is 3.00 bits per heavy atom. The monoisotopic (exact) mass is 169 g/mol. The van der Waals surface area contributed by atoms with E-state index in [1.165, 1.54) is 0 Å². The van der Waals surface area contributed by atoms with Crippen molar-refractivity contribution in [2.24, 2.45) is 0 Å². The van der Waals surface area contributed by atoms with E-state index >= 15 is 0 Å². The molecule has 0 amide bonds. The molecule has 2 heterocycles. The number of fused-ring (bicyclic) bond motifs is 1. The summed E-state index contributed by atoms with van der Waals surface area (Å²) in [6, 6.07) is 0. The van der Waals surface area contributed by atoms with Gasteiger partial charge in [-0.1, -0.05) is 0 Å². The van der Waals surface area contributed by atoms with E-state index in [0.717, 1.165) is 5.69 Å². The van der Waals surface area contributed by atoms with Crippen LogP contribution in [0.2, 0.25) is 0 Å². The summed E-state index contributed by atoms with van der Waals surface area (Å²) in [5.41, 5.74) is 7.77. The summed E-state index contributed by atoms with van der Waals surface area (Å²) in [6.45, 7) is 1.84. The zero-order chi connectivity index (χ0) is 8.01. The minimum Gasteiger partial charge on any atom is -0.394 e. The van der Waals surface area contributed by atoms with E-state index in [9.17, 15) is 0 Å². The number of nitrogens with two attached hydrogens (primary N) is 1. The molecule has 6 heteroatoms. The minimum atomic E-state index is 0.514. The van der Waals surface area contributed by atoms with E-state index < -0.39 is 0 Å². The molecular weight excluding hydrogens is 162 g/mol. The van der Waals surface area contributed by atoms with Crippen LogP contribution in [0.5, 0.6) is 0 Å². The second-order valence-corrected chi connectivity index (χ2v) is 2.68. The van der Waals surface area contributed by atoms with Crippen molar-refractivity contribution in [3.63, 3.8) is 0 Å². The molecular formula is C5H7N5S. The Labute approximate surface area is 68.0 Å². The van der Waals surface area contributed by atoms with Crippen molar-refractivity contribution < 1.29 is 0 Å². The van der Waals surface area contributed by atoms with Gasteiger partial charge in [-0.3, -0.25) is 5.10 Å². The standard InChI is InChI=1S/C5H7N5S/c1-2-3(6)4-7-8-5(11)10(4)9-2/h7H,6H2,1H3,(H,8,11). The Kier molecular flexibility index (Phi) is 1.14. The zero-order valence-corrected chi connectivity index (χ0v) is 6.76. The highest BCUT2D eigenvalue weighted by Crippen LogP contribution is 2.16. The molecule has 5 nitrogen and oxygen atoms in total. The summed E-state index contributed by atoms with van der Waals surface area (Å²) in [5.74, 6) is 0. The van der Waals surface area contributed by atoms with Gasteiger partial charge in [0.2, 0.25) is 5.16 Å². The van der Waals surface area contributed by atoms with Crippen molar-refractivity contribution in [3.8, 4) is 0 Å². The van der Waals surface area contributed by atoms with Crippen molar-refractivity contribution in [2.75, 3.05) is 5.73 Å². The van der Waals surface area contributed by atoms with Crippen LogP contribution in [0.3, 0.4) is 0 Å². The largest absolute Gasteiger partial charge is 0.394 e. The summed E-state index contributed by atoms with van der Waals surface area (Å²) in [6.07, 6.45) is 0. The number of H-pyrrole nitrogens is 1. The molecule has 0 aliphatic rings. The van der Waals surface area contributed by atoms with Gasteiger partial charge < -0.3 is 5.73 Å². The summed E-state index contributed by atoms with van der Waals surface area (Å²) < 4.78 is 1.56. The van der Waals surface area contributed by atoms with Crippen molar-refractivity contribution >= 4 is 24.0 Å². The van der Waals surface area contributed by atoms with Crippen molar-refractivity contribution in [1.29, 1.82) is 0 Å². The number of hydrogen-bond acceptors (Lipinski definition) is 4. The predicted molar refractivity (Wildman–Crippen MR) is 43.7 cm³/mol. The molecule has 58 valence electrons. The molecule has 0 bridgehead atoms. The molecule has 3 N–H and O–H groups in total. The van der Waals surface area contributed by atoms with Gasteiger partial charge in [0.1, 0.15) is 0 Å². The molecule has 0 unspecified atom stereocenters. The van der Waals surface area contributed by atoms with E-state index in [1.54, 1.807) is 4.52 Å². The lowest BCUT2D eigenvalue weighted by molar-refractivity contribution is 0.814. The maximum absolute atomic E-state index is 5.66. The second kappa shape index (κ2) is 1.91. The SMILES string of the molecule is Cc1nn2c(S)n[nH]c2c1N. The molecule has 0 aliphatic heterocycles. The molecule has 0 saturated heterocycles. The third-order valence-electron chi connectivity index (χ3n) is 1.56. The minimum absolute atomic E-state index is 0.514. The average Bonchev–Trinajstić information content (AvgIpc) is 2.43. The molecule has 0 aromatic carbocycles. The van der Waals surface area contributed by atoms with Crippen LogP contribution in [0.25, 0.3) is 5.65 Å². The molecule has 0 fully saturated rings. The number of rotatable bonds is 0. The smallest absolute Gasteiger partial charge is 0.206 e. The molecule has 0 spiro atoms. The molecule has 0 saturated carbocycles. The summed E-state index contributed by atoms with van der Waals surface area (Å²) in [5, 5.41) is 11.2. The Hall–Kier alpha value is -1.17. The van der Waals surface area contributed by atoms with Crippen LogP contribution in [0, 0.1) is 6.92 Å². The highest BCUT2D eigenvalue weighted by molar-refractivity contribution is 7.80. The van der Waals surface area contributed by atoms with Crippen molar-refractivity contribution in [3.05, 3.63) is 5.69 Å². The van der Waals surface area contributed by atoms with Crippen LogP contribution in [-0.4, -0.2) is 19.8 Å². The number of nitrogen functional groups attached to an aromatic ring is 1. The maximum atomic E-state index is 5.66. The molecule has 2 aromatic heterocycles. The average molecular weight is 169 g/mol. The van der Waals surface area contributed by atoms with Crippen LogP contribution in [0.1, 0.15) is 5.69 Å². The lowest BCUT2D eigenvalue weighted by Crippen LogP contribution is -1.86. The zero-order valence-electron chi connectivity index (χ0n) is 5.87. The predicted octanol–water partition coefficient (Wildman–Crippen LogP) is 0.237. The topological polar surface area (TPSA) is 72.0 Å². The van der Waals surface area contributed by atoms with E-state index in [-0.39, 0.29) is 0 Å². The van der Waals surface area contributed by atoms with Crippen LogP contribution in [0.4, 0.5) is 5.69 Å². The van der Waals surface area contributed by atoms with Gasteiger partial charge in [0.25, 0.3) is 0 Å². The van der Waals surface area contributed by atoms with Crippen molar-refractivity contribution in [1.82, 2.24) is 19.8 Å². The Morgan fingerprint density at radius 1 is 1.64 bits per heavy atom. The fraction of sp³-hybridized carbons (Fsp3) is 0.200. The lowest BCUT2D eigenvalue weighted by atomic mass is 10.4. The molecule has 11 heavy (non-hydrogen) atoms. The third kappa shape index (κ3) is 0.725. The van der Waals surface area contributed by atoms with Gasteiger partial charge in [-0.2, -0.15) is 9.61 Å². The first-order valence-corrected chi connectivity index (χ1v) is 3.53. The third-order valence-corrected chi connectivity index (χ3v) is 1.85. The highest BCUT2D eigenvalue weighted by Gasteiger charge is 2.09.